The SMILES string of the molecule is CC[C@H]1CCNC[C@H]1C. The maximum absolute atomic E-state index is 3.40. The Balaban J connectivity index is 2.30. The van der Waals surface area contributed by atoms with E-state index in [9.17, 15) is 0 Å². The molecule has 0 saturated carbocycles. The molecule has 0 aliphatic carbocycles. The number of hydrogen-bond donors (Lipinski definition) is 1. The van der Waals surface area contributed by atoms with E-state index in [1.165, 1.54) is 25.9 Å². The molecule has 0 amide bonds. The second-order valence-corrected chi connectivity index (χ2v) is 3.14. The maximum atomic E-state index is 3.40. The minimum atomic E-state index is 0.906. The summed E-state index contributed by atoms with van der Waals surface area (Å²) in [6.07, 6.45) is 2.75. The molecule has 0 aromatic carbocycles. The lowest BCUT2D eigenvalue weighted by molar-refractivity contribution is 0.266. The summed E-state index contributed by atoms with van der Waals surface area (Å²) in [5.41, 5.74) is 0. The molecule has 0 spiro atoms. The summed E-state index contributed by atoms with van der Waals surface area (Å²) in [6, 6.07) is 0. The van der Waals surface area contributed by atoms with Crippen LogP contribution in [0.2, 0.25) is 0 Å². The monoisotopic (exact) mass is 127 g/mol. The van der Waals surface area contributed by atoms with Gasteiger partial charge in [-0.05, 0) is 31.3 Å². The number of piperidine rings is 1. The fourth-order valence-electron chi connectivity index (χ4n) is 1.67. The standard InChI is InChI=1S/C8H17N/c1-3-8-4-5-9-6-7(8)2/h7-9H,3-6H2,1-2H3/t7-,8+/m1/s1. The zero-order valence-corrected chi connectivity index (χ0v) is 6.48. The summed E-state index contributed by atoms with van der Waals surface area (Å²) in [5, 5.41) is 3.40. The Morgan fingerprint density at radius 2 is 2.33 bits per heavy atom. The summed E-state index contributed by atoms with van der Waals surface area (Å²) in [6.45, 7) is 7.12. The van der Waals surface area contributed by atoms with Gasteiger partial charge in [0.15, 0.2) is 0 Å². The van der Waals surface area contributed by atoms with E-state index in [2.05, 4.69) is 19.2 Å². The van der Waals surface area contributed by atoms with Gasteiger partial charge in [0.25, 0.3) is 0 Å². The largest absolute Gasteiger partial charge is 0.316 e. The molecule has 2 atom stereocenters. The van der Waals surface area contributed by atoms with E-state index in [0.717, 1.165) is 11.8 Å². The van der Waals surface area contributed by atoms with Gasteiger partial charge in [0, 0.05) is 0 Å². The van der Waals surface area contributed by atoms with Crippen LogP contribution in [0.4, 0.5) is 0 Å². The highest BCUT2D eigenvalue weighted by Crippen LogP contribution is 2.20. The van der Waals surface area contributed by atoms with Gasteiger partial charge in [0.1, 0.15) is 0 Å². The maximum Gasteiger partial charge on any atom is -0.00205 e. The van der Waals surface area contributed by atoms with Crippen LogP contribution >= 0.6 is 0 Å². The van der Waals surface area contributed by atoms with Gasteiger partial charge in [0.2, 0.25) is 0 Å². The van der Waals surface area contributed by atoms with Crippen LogP contribution < -0.4 is 5.32 Å². The van der Waals surface area contributed by atoms with Crippen LogP contribution in [0.1, 0.15) is 26.7 Å². The molecule has 1 fully saturated rings. The number of rotatable bonds is 1. The molecule has 9 heavy (non-hydrogen) atoms. The molecule has 0 unspecified atom stereocenters. The fourth-order valence-corrected chi connectivity index (χ4v) is 1.67. The molecule has 1 heteroatoms. The fraction of sp³-hybridized carbons (Fsp3) is 1.00. The highest BCUT2D eigenvalue weighted by atomic mass is 14.9. The van der Waals surface area contributed by atoms with Gasteiger partial charge in [-0.3, -0.25) is 0 Å². The predicted octanol–water partition coefficient (Wildman–Crippen LogP) is 1.64. The molecule has 1 aliphatic rings. The zero-order valence-electron chi connectivity index (χ0n) is 6.48. The van der Waals surface area contributed by atoms with Gasteiger partial charge >= 0.3 is 0 Å². The first-order valence-electron chi connectivity index (χ1n) is 4.05. The Morgan fingerprint density at radius 3 is 2.78 bits per heavy atom. The molecule has 1 rings (SSSR count). The Kier molecular flexibility index (Phi) is 2.52. The third-order valence-electron chi connectivity index (χ3n) is 2.49. The second kappa shape index (κ2) is 3.21. The first-order chi connectivity index (χ1) is 4.34. The molecule has 0 aromatic rings. The van der Waals surface area contributed by atoms with Crippen molar-refractivity contribution in [3.05, 3.63) is 0 Å². The van der Waals surface area contributed by atoms with Gasteiger partial charge in [-0.1, -0.05) is 20.3 Å². The van der Waals surface area contributed by atoms with Crippen molar-refractivity contribution >= 4 is 0 Å². The van der Waals surface area contributed by atoms with Gasteiger partial charge in [-0.15, -0.1) is 0 Å². The van der Waals surface area contributed by atoms with Crippen LogP contribution in [-0.4, -0.2) is 13.1 Å². The highest BCUT2D eigenvalue weighted by Gasteiger charge is 2.18. The van der Waals surface area contributed by atoms with Crippen molar-refractivity contribution in [2.45, 2.75) is 26.7 Å². The van der Waals surface area contributed by atoms with Gasteiger partial charge in [-0.2, -0.15) is 0 Å². The zero-order chi connectivity index (χ0) is 6.69. The minimum absolute atomic E-state index is 0.906. The van der Waals surface area contributed by atoms with Gasteiger partial charge in [-0.25, -0.2) is 0 Å². The Labute approximate surface area is 57.8 Å². The first kappa shape index (κ1) is 7.07. The summed E-state index contributed by atoms with van der Waals surface area (Å²) < 4.78 is 0. The van der Waals surface area contributed by atoms with Crippen molar-refractivity contribution in [1.29, 1.82) is 0 Å². The smallest absolute Gasteiger partial charge is 0.00205 e. The van der Waals surface area contributed by atoms with Crippen molar-refractivity contribution in [1.82, 2.24) is 5.32 Å². The van der Waals surface area contributed by atoms with Crippen molar-refractivity contribution in [2.24, 2.45) is 11.8 Å². The van der Waals surface area contributed by atoms with Crippen LogP contribution in [-0.2, 0) is 0 Å². The summed E-state index contributed by atoms with van der Waals surface area (Å²) in [4.78, 5) is 0. The molecule has 1 nitrogen and oxygen atoms in total. The number of hydrogen-bond acceptors (Lipinski definition) is 1. The molecular formula is C8H17N. The third-order valence-corrected chi connectivity index (χ3v) is 2.49. The highest BCUT2D eigenvalue weighted by molar-refractivity contribution is 4.73. The van der Waals surface area contributed by atoms with E-state index in [0.29, 0.717) is 0 Å². The molecule has 0 radical (unpaired) electrons. The average molecular weight is 127 g/mol. The van der Waals surface area contributed by atoms with Crippen LogP contribution in [0.5, 0.6) is 0 Å². The van der Waals surface area contributed by atoms with Crippen LogP contribution in [0.15, 0.2) is 0 Å². The molecule has 1 heterocycles. The van der Waals surface area contributed by atoms with Crippen molar-refractivity contribution in [2.75, 3.05) is 13.1 Å². The summed E-state index contributed by atoms with van der Waals surface area (Å²) in [5.74, 6) is 1.90. The van der Waals surface area contributed by atoms with Crippen molar-refractivity contribution < 1.29 is 0 Å². The lowest BCUT2D eigenvalue weighted by Gasteiger charge is -2.28. The second-order valence-electron chi connectivity index (χ2n) is 3.14. The molecule has 1 saturated heterocycles. The van der Waals surface area contributed by atoms with Crippen LogP contribution in [0, 0.1) is 11.8 Å². The average Bonchev–Trinajstić information content (AvgIpc) is 1.89. The molecule has 0 bridgehead atoms. The molecule has 1 N–H and O–H groups in total. The van der Waals surface area contributed by atoms with Crippen LogP contribution in [0.25, 0.3) is 0 Å². The summed E-state index contributed by atoms with van der Waals surface area (Å²) in [7, 11) is 0. The van der Waals surface area contributed by atoms with E-state index >= 15 is 0 Å². The number of nitrogens with one attached hydrogen (secondary N) is 1. The first-order valence-corrected chi connectivity index (χ1v) is 4.05. The van der Waals surface area contributed by atoms with Crippen LogP contribution in [0.3, 0.4) is 0 Å². The van der Waals surface area contributed by atoms with Crippen molar-refractivity contribution in [3.63, 3.8) is 0 Å². The topological polar surface area (TPSA) is 12.0 Å². The predicted molar refractivity (Wildman–Crippen MR) is 40.4 cm³/mol. The molecule has 0 aromatic heterocycles. The van der Waals surface area contributed by atoms with E-state index in [1.54, 1.807) is 0 Å². The lowest BCUT2D eigenvalue weighted by Crippen LogP contribution is -2.34. The Bertz CT molecular complexity index is 80.6. The normalized spacial score (nSPS) is 36.7. The van der Waals surface area contributed by atoms with Gasteiger partial charge < -0.3 is 5.32 Å². The van der Waals surface area contributed by atoms with E-state index < -0.39 is 0 Å². The lowest BCUT2D eigenvalue weighted by atomic mass is 9.86. The van der Waals surface area contributed by atoms with Crippen molar-refractivity contribution in [3.8, 4) is 0 Å². The molecular weight excluding hydrogens is 110 g/mol. The Hall–Kier alpha value is -0.0400. The Morgan fingerprint density at radius 1 is 1.56 bits per heavy atom. The summed E-state index contributed by atoms with van der Waals surface area (Å²) >= 11 is 0. The quantitative estimate of drug-likeness (QED) is 0.564. The molecule has 1 aliphatic heterocycles. The van der Waals surface area contributed by atoms with E-state index in [1.807, 2.05) is 0 Å². The third kappa shape index (κ3) is 1.68. The minimum Gasteiger partial charge on any atom is -0.316 e. The van der Waals surface area contributed by atoms with E-state index in [4.69, 9.17) is 0 Å². The van der Waals surface area contributed by atoms with Gasteiger partial charge in [0.05, 0.1) is 0 Å². The molecule has 54 valence electrons. The van der Waals surface area contributed by atoms with E-state index in [-0.39, 0.29) is 0 Å².